The Morgan fingerprint density at radius 3 is 2.35 bits per heavy atom. The number of likely N-dealkylation sites (N-methyl/N-ethyl adjacent to an activating group) is 1. The van der Waals surface area contributed by atoms with E-state index in [9.17, 15) is 9.59 Å². The summed E-state index contributed by atoms with van der Waals surface area (Å²) in [5.41, 5.74) is 0.185. The Morgan fingerprint density at radius 1 is 1.18 bits per heavy atom. The number of methoxy groups -OCH3 is 1. The number of hydrogen-bond acceptors (Lipinski definition) is 6. The monoisotopic (exact) mass is 474 g/mol. The summed E-state index contributed by atoms with van der Waals surface area (Å²) in [6.07, 6.45) is 0.537. The molecule has 1 unspecified atom stereocenters. The maximum Gasteiger partial charge on any atom is 0.494 e. The molecule has 2 heterocycles. The van der Waals surface area contributed by atoms with Crippen molar-refractivity contribution in [2.45, 2.75) is 84.2 Å². The van der Waals surface area contributed by atoms with Crippen molar-refractivity contribution in [1.82, 2.24) is 9.80 Å². The molecule has 8 nitrogen and oxygen atoms in total. The average Bonchev–Trinajstić information content (AvgIpc) is 3.28. The maximum atomic E-state index is 13.2. The number of benzene rings is 1. The Hall–Kier alpha value is -2.26. The number of likely N-dealkylation sites (tertiary alicyclic amines) is 1. The molecule has 0 aromatic heterocycles. The van der Waals surface area contributed by atoms with Gasteiger partial charge in [0.15, 0.2) is 0 Å². The summed E-state index contributed by atoms with van der Waals surface area (Å²) >= 11 is 0. The fraction of sp³-hybridized carbons (Fsp3) is 0.680. The van der Waals surface area contributed by atoms with Crippen LogP contribution in [0.25, 0.3) is 0 Å². The molecule has 188 valence electrons. The predicted octanol–water partition coefficient (Wildman–Crippen LogP) is 3.00. The Bertz CT molecular complexity index is 910. The van der Waals surface area contributed by atoms with Crippen molar-refractivity contribution in [3.8, 4) is 5.75 Å². The molecule has 0 bridgehead atoms. The first kappa shape index (κ1) is 26.4. The molecule has 1 atom stereocenters. The van der Waals surface area contributed by atoms with Crippen molar-refractivity contribution in [2.75, 3.05) is 27.2 Å². The zero-order valence-electron chi connectivity index (χ0n) is 22.1. The number of carbonyl (C=O) groups is 2. The smallest absolute Gasteiger partial charge is 0.494 e. The van der Waals surface area contributed by atoms with E-state index in [2.05, 4.69) is 0 Å². The SMILES string of the molecule is COc1ccc(B2OC(C)(C)C(C)(C)O2)cc1CC(=O)N1CCC(N(C)C(=O)OC(C)(C)C)C1. The van der Waals surface area contributed by atoms with Gasteiger partial charge in [-0.2, -0.15) is 0 Å². The highest BCUT2D eigenvalue weighted by Crippen LogP contribution is 2.36. The molecular formula is C25H39BN2O6. The van der Waals surface area contributed by atoms with E-state index < -0.39 is 23.9 Å². The first-order valence-corrected chi connectivity index (χ1v) is 11.9. The van der Waals surface area contributed by atoms with E-state index in [1.165, 1.54) is 0 Å². The van der Waals surface area contributed by atoms with Crippen molar-refractivity contribution in [3.05, 3.63) is 23.8 Å². The summed E-state index contributed by atoms with van der Waals surface area (Å²) < 4.78 is 23.3. The number of ether oxygens (including phenoxy) is 2. The van der Waals surface area contributed by atoms with Crippen molar-refractivity contribution in [3.63, 3.8) is 0 Å². The van der Waals surface area contributed by atoms with Gasteiger partial charge in [-0.25, -0.2) is 4.79 Å². The first-order chi connectivity index (χ1) is 15.6. The lowest BCUT2D eigenvalue weighted by Crippen LogP contribution is -2.42. The highest BCUT2D eigenvalue weighted by Gasteiger charge is 2.51. The summed E-state index contributed by atoms with van der Waals surface area (Å²) in [5.74, 6) is 0.639. The van der Waals surface area contributed by atoms with Crippen molar-refractivity contribution in [2.24, 2.45) is 0 Å². The normalized spacial score (nSPS) is 21.5. The Morgan fingerprint density at radius 2 is 1.79 bits per heavy atom. The molecule has 0 N–H and O–H groups in total. The number of rotatable bonds is 5. The molecule has 34 heavy (non-hydrogen) atoms. The molecular weight excluding hydrogens is 435 g/mol. The third-order valence-corrected chi connectivity index (χ3v) is 6.92. The van der Waals surface area contributed by atoms with Crippen LogP contribution in [-0.4, -0.2) is 79.0 Å². The lowest BCUT2D eigenvalue weighted by Gasteiger charge is -2.32. The molecule has 9 heteroatoms. The minimum absolute atomic E-state index is 0.00976. The van der Waals surface area contributed by atoms with Crippen LogP contribution in [0.15, 0.2) is 18.2 Å². The van der Waals surface area contributed by atoms with E-state index in [1.54, 1.807) is 24.0 Å². The Kier molecular flexibility index (Phi) is 7.30. The van der Waals surface area contributed by atoms with Crippen LogP contribution >= 0.6 is 0 Å². The third kappa shape index (κ3) is 5.69. The van der Waals surface area contributed by atoms with Gasteiger partial charge in [-0.3, -0.25) is 4.79 Å². The van der Waals surface area contributed by atoms with Crippen LogP contribution in [-0.2, 0) is 25.3 Å². The lowest BCUT2D eigenvalue weighted by atomic mass is 9.78. The molecule has 2 amide bonds. The highest BCUT2D eigenvalue weighted by molar-refractivity contribution is 6.62. The van der Waals surface area contributed by atoms with Crippen molar-refractivity contribution in [1.29, 1.82) is 0 Å². The zero-order chi connectivity index (χ0) is 25.5. The van der Waals surface area contributed by atoms with E-state index >= 15 is 0 Å². The van der Waals surface area contributed by atoms with Crippen LogP contribution in [0.3, 0.4) is 0 Å². The third-order valence-electron chi connectivity index (χ3n) is 6.92. The van der Waals surface area contributed by atoms with Gasteiger partial charge in [0, 0.05) is 25.7 Å². The van der Waals surface area contributed by atoms with Crippen molar-refractivity contribution >= 4 is 24.6 Å². The second kappa shape index (κ2) is 9.42. The molecule has 0 aliphatic carbocycles. The van der Waals surface area contributed by atoms with Gasteiger partial charge in [-0.1, -0.05) is 12.1 Å². The number of nitrogens with zero attached hydrogens (tertiary/aromatic N) is 2. The summed E-state index contributed by atoms with van der Waals surface area (Å²) in [6, 6.07) is 5.62. The highest BCUT2D eigenvalue weighted by atomic mass is 16.7. The van der Waals surface area contributed by atoms with Gasteiger partial charge in [0.25, 0.3) is 0 Å². The summed E-state index contributed by atoms with van der Waals surface area (Å²) in [4.78, 5) is 29.0. The zero-order valence-corrected chi connectivity index (χ0v) is 22.1. The van der Waals surface area contributed by atoms with E-state index in [0.29, 0.717) is 25.3 Å². The van der Waals surface area contributed by atoms with Gasteiger partial charge < -0.3 is 28.6 Å². The van der Waals surface area contributed by atoms with Crippen LogP contribution in [0.2, 0.25) is 0 Å². The predicted molar refractivity (Wildman–Crippen MR) is 131 cm³/mol. The van der Waals surface area contributed by atoms with Gasteiger partial charge in [-0.05, 0) is 66.4 Å². The van der Waals surface area contributed by atoms with E-state index in [1.807, 2.05) is 66.7 Å². The number of carbonyl (C=O) groups excluding carboxylic acids is 2. The number of amides is 2. The number of hydrogen-bond donors (Lipinski definition) is 0. The minimum Gasteiger partial charge on any atom is -0.496 e. The second-order valence-corrected chi connectivity index (χ2v) is 11.2. The second-order valence-electron chi connectivity index (χ2n) is 11.2. The fourth-order valence-corrected chi connectivity index (χ4v) is 4.10. The molecule has 1 aromatic rings. The average molecular weight is 474 g/mol. The van der Waals surface area contributed by atoms with Crippen LogP contribution in [0, 0.1) is 0 Å². The standard InChI is InChI=1S/C25H39BN2O6/c1-23(2,3)32-22(30)27(8)19-12-13-28(16-19)21(29)15-17-14-18(10-11-20(17)31-9)26-33-24(4,5)25(6,7)34-26/h10-11,14,19H,12-13,15-16H2,1-9H3. The van der Waals surface area contributed by atoms with E-state index in [4.69, 9.17) is 18.8 Å². The molecule has 0 saturated carbocycles. The molecule has 0 radical (unpaired) electrons. The topological polar surface area (TPSA) is 77.5 Å². The molecule has 3 rings (SSSR count). The fourth-order valence-electron chi connectivity index (χ4n) is 4.10. The molecule has 2 aliphatic heterocycles. The first-order valence-electron chi connectivity index (χ1n) is 11.9. The van der Waals surface area contributed by atoms with Crippen LogP contribution in [0.4, 0.5) is 4.79 Å². The van der Waals surface area contributed by atoms with Crippen LogP contribution in [0.1, 0.15) is 60.5 Å². The summed E-state index contributed by atoms with van der Waals surface area (Å²) in [7, 11) is 2.81. The van der Waals surface area contributed by atoms with Gasteiger partial charge >= 0.3 is 13.2 Å². The largest absolute Gasteiger partial charge is 0.496 e. The van der Waals surface area contributed by atoms with Gasteiger partial charge in [0.05, 0.1) is 30.8 Å². The summed E-state index contributed by atoms with van der Waals surface area (Å²) in [5, 5.41) is 0. The molecule has 2 saturated heterocycles. The van der Waals surface area contributed by atoms with Gasteiger partial charge in [0.2, 0.25) is 5.91 Å². The van der Waals surface area contributed by atoms with Gasteiger partial charge in [-0.15, -0.1) is 0 Å². The van der Waals surface area contributed by atoms with Crippen LogP contribution < -0.4 is 10.2 Å². The molecule has 0 spiro atoms. The molecule has 1 aromatic carbocycles. The Labute approximate surface area is 204 Å². The molecule has 2 aliphatic rings. The van der Waals surface area contributed by atoms with E-state index in [0.717, 1.165) is 11.0 Å². The molecule has 2 fully saturated rings. The Balaban J connectivity index is 1.68. The van der Waals surface area contributed by atoms with Gasteiger partial charge in [0.1, 0.15) is 11.4 Å². The van der Waals surface area contributed by atoms with Crippen molar-refractivity contribution < 1.29 is 28.4 Å². The van der Waals surface area contributed by atoms with E-state index in [-0.39, 0.29) is 24.5 Å². The summed E-state index contributed by atoms with van der Waals surface area (Å²) in [6.45, 7) is 14.6. The van der Waals surface area contributed by atoms with Crippen LogP contribution in [0.5, 0.6) is 5.75 Å². The quantitative estimate of drug-likeness (QED) is 0.611. The lowest BCUT2D eigenvalue weighted by molar-refractivity contribution is -0.129. The minimum atomic E-state index is -0.557. The maximum absolute atomic E-state index is 13.2.